The van der Waals surface area contributed by atoms with Crippen molar-refractivity contribution in [3.63, 3.8) is 0 Å². The molecule has 0 fully saturated rings. The number of aromatic nitrogens is 2. The van der Waals surface area contributed by atoms with Crippen LogP contribution < -0.4 is 0 Å². The van der Waals surface area contributed by atoms with Gasteiger partial charge in [-0.15, -0.1) is 0 Å². The lowest BCUT2D eigenvalue weighted by atomic mass is 10.0. The Kier molecular flexibility index (Phi) is 3.47. The van der Waals surface area contributed by atoms with Crippen molar-refractivity contribution in [1.29, 1.82) is 0 Å². The maximum atomic E-state index is 12.8. The van der Waals surface area contributed by atoms with Crippen LogP contribution in [0.15, 0.2) is 60.0 Å². The van der Waals surface area contributed by atoms with Crippen LogP contribution in [0.2, 0.25) is 0 Å². The second-order valence-electron chi connectivity index (χ2n) is 5.56. The SMILES string of the molecule is O=C1c2ccccc2CCCC1Sc1ncc2ccccn12. The van der Waals surface area contributed by atoms with Gasteiger partial charge in [0.1, 0.15) is 0 Å². The van der Waals surface area contributed by atoms with Crippen LogP contribution in [-0.4, -0.2) is 20.4 Å². The summed E-state index contributed by atoms with van der Waals surface area (Å²) in [5.74, 6) is 0.241. The molecule has 3 nitrogen and oxygen atoms in total. The van der Waals surface area contributed by atoms with E-state index in [0.29, 0.717) is 0 Å². The van der Waals surface area contributed by atoms with E-state index >= 15 is 0 Å². The van der Waals surface area contributed by atoms with Crippen LogP contribution in [0.4, 0.5) is 0 Å². The van der Waals surface area contributed by atoms with Gasteiger partial charge in [-0.2, -0.15) is 0 Å². The summed E-state index contributed by atoms with van der Waals surface area (Å²) in [6, 6.07) is 14.0. The van der Waals surface area contributed by atoms with Gasteiger partial charge in [-0.05, 0) is 37.0 Å². The molecule has 0 amide bonds. The molecule has 1 aliphatic carbocycles. The zero-order valence-corrected chi connectivity index (χ0v) is 12.9. The highest BCUT2D eigenvalue weighted by Crippen LogP contribution is 2.32. The third-order valence-corrected chi connectivity index (χ3v) is 5.39. The maximum Gasteiger partial charge on any atom is 0.176 e. The average molecular weight is 308 g/mol. The number of carbonyl (C=O) groups is 1. The number of carbonyl (C=O) groups excluding carboxylic acids is 1. The lowest BCUT2D eigenvalue weighted by molar-refractivity contribution is 0.0988. The van der Waals surface area contributed by atoms with E-state index < -0.39 is 0 Å². The second-order valence-corrected chi connectivity index (χ2v) is 6.73. The van der Waals surface area contributed by atoms with Gasteiger partial charge in [-0.25, -0.2) is 4.98 Å². The third kappa shape index (κ3) is 2.33. The third-order valence-electron chi connectivity index (χ3n) is 4.14. The molecule has 110 valence electrons. The highest BCUT2D eigenvalue weighted by atomic mass is 32.2. The van der Waals surface area contributed by atoms with Crippen LogP contribution in [0.25, 0.3) is 5.52 Å². The van der Waals surface area contributed by atoms with Crippen molar-refractivity contribution in [1.82, 2.24) is 9.38 Å². The van der Waals surface area contributed by atoms with E-state index in [9.17, 15) is 4.79 Å². The maximum absolute atomic E-state index is 12.8. The normalized spacial score (nSPS) is 18.2. The number of imidazole rings is 1. The molecule has 0 radical (unpaired) electrons. The van der Waals surface area contributed by atoms with E-state index in [1.165, 1.54) is 5.56 Å². The molecule has 2 aromatic heterocycles. The van der Waals surface area contributed by atoms with E-state index in [1.807, 2.05) is 48.8 Å². The van der Waals surface area contributed by atoms with Crippen LogP contribution in [0.1, 0.15) is 28.8 Å². The van der Waals surface area contributed by atoms with Gasteiger partial charge in [0.25, 0.3) is 0 Å². The first-order valence-electron chi connectivity index (χ1n) is 7.54. The molecule has 1 unspecified atom stereocenters. The average Bonchev–Trinajstić information content (AvgIpc) is 2.89. The van der Waals surface area contributed by atoms with Crippen molar-refractivity contribution >= 4 is 23.1 Å². The Balaban J connectivity index is 1.67. The highest BCUT2D eigenvalue weighted by molar-refractivity contribution is 8.00. The Bertz CT molecular complexity index is 840. The number of aryl methyl sites for hydroxylation is 1. The molecule has 0 bridgehead atoms. The minimum Gasteiger partial charge on any atom is -0.295 e. The Labute approximate surface area is 133 Å². The zero-order valence-electron chi connectivity index (χ0n) is 12.1. The molecule has 22 heavy (non-hydrogen) atoms. The van der Waals surface area contributed by atoms with Gasteiger partial charge in [0.2, 0.25) is 0 Å². The van der Waals surface area contributed by atoms with E-state index in [0.717, 1.165) is 35.5 Å². The van der Waals surface area contributed by atoms with Crippen molar-refractivity contribution in [3.8, 4) is 0 Å². The molecule has 1 atom stereocenters. The van der Waals surface area contributed by atoms with Crippen LogP contribution >= 0.6 is 11.8 Å². The number of nitrogens with zero attached hydrogens (tertiary/aromatic N) is 2. The van der Waals surface area contributed by atoms with Crippen molar-refractivity contribution < 1.29 is 4.79 Å². The van der Waals surface area contributed by atoms with Crippen LogP contribution in [-0.2, 0) is 6.42 Å². The molecule has 4 rings (SSSR count). The van der Waals surface area contributed by atoms with Crippen LogP contribution in [0, 0.1) is 0 Å². The number of Topliss-reactive ketones (excluding diaryl/α,β-unsaturated/α-hetero) is 1. The molecular formula is C18H16N2OS. The standard InChI is InChI=1S/C18H16N2OS/c21-17-15-9-2-1-6-13(15)7-5-10-16(17)22-18-19-12-14-8-3-4-11-20(14)18/h1-4,6,8-9,11-12,16H,5,7,10H2. The Hall–Kier alpha value is -2.07. The Morgan fingerprint density at radius 2 is 2.00 bits per heavy atom. The summed E-state index contributed by atoms with van der Waals surface area (Å²) in [4.78, 5) is 17.3. The van der Waals surface area contributed by atoms with E-state index in [4.69, 9.17) is 0 Å². The van der Waals surface area contributed by atoms with Gasteiger partial charge < -0.3 is 0 Å². The lowest BCUT2D eigenvalue weighted by Crippen LogP contribution is -2.17. The lowest BCUT2D eigenvalue weighted by Gasteiger charge is -2.12. The van der Waals surface area contributed by atoms with Gasteiger partial charge >= 0.3 is 0 Å². The summed E-state index contributed by atoms with van der Waals surface area (Å²) in [6.07, 6.45) is 6.79. The molecule has 0 saturated heterocycles. The van der Waals surface area contributed by atoms with Crippen molar-refractivity contribution in [2.24, 2.45) is 0 Å². The van der Waals surface area contributed by atoms with Crippen LogP contribution in [0.3, 0.4) is 0 Å². The fraction of sp³-hybridized carbons (Fsp3) is 0.222. The highest BCUT2D eigenvalue weighted by Gasteiger charge is 2.27. The largest absolute Gasteiger partial charge is 0.295 e. The number of benzene rings is 1. The fourth-order valence-corrected chi connectivity index (χ4v) is 4.17. The number of fused-ring (bicyclic) bond motifs is 2. The fourth-order valence-electron chi connectivity index (χ4n) is 3.01. The Morgan fingerprint density at radius 3 is 2.95 bits per heavy atom. The van der Waals surface area contributed by atoms with Gasteiger partial charge in [-0.1, -0.05) is 42.1 Å². The first-order chi connectivity index (χ1) is 10.8. The summed E-state index contributed by atoms with van der Waals surface area (Å²) >= 11 is 1.59. The molecule has 2 heterocycles. The monoisotopic (exact) mass is 308 g/mol. The minimum absolute atomic E-state index is 0.0468. The van der Waals surface area contributed by atoms with Crippen molar-refractivity contribution in [3.05, 3.63) is 66.0 Å². The van der Waals surface area contributed by atoms with E-state index in [-0.39, 0.29) is 11.0 Å². The first kappa shape index (κ1) is 13.6. The van der Waals surface area contributed by atoms with Crippen molar-refractivity contribution in [2.45, 2.75) is 29.7 Å². The molecule has 0 aliphatic heterocycles. The van der Waals surface area contributed by atoms with Crippen LogP contribution in [0.5, 0.6) is 0 Å². The predicted octanol–water partition coefficient (Wildman–Crippen LogP) is 4.01. The quantitative estimate of drug-likeness (QED) is 0.671. The van der Waals surface area contributed by atoms with Gasteiger partial charge in [0.15, 0.2) is 10.9 Å². The van der Waals surface area contributed by atoms with Gasteiger partial charge in [-0.3, -0.25) is 9.20 Å². The zero-order chi connectivity index (χ0) is 14.9. The number of ketones is 1. The molecule has 3 aromatic rings. The molecular weight excluding hydrogens is 292 g/mol. The number of pyridine rings is 1. The predicted molar refractivity (Wildman–Crippen MR) is 88.5 cm³/mol. The summed E-state index contributed by atoms with van der Waals surface area (Å²) in [5.41, 5.74) is 3.13. The van der Waals surface area contributed by atoms with Gasteiger partial charge in [0.05, 0.1) is 17.0 Å². The summed E-state index contributed by atoms with van der Waals surface area (Å²) in [7, 11) is 0. The number of thioether (sulfide) groups is 1. The summed E-state index contributed by atoms with van der Waals surface area (Å²) in [5, 5.41) is 0.850. The van der Waals surface area contributed by atoms with Crippen molar-refractivity contribution in [2.75, 3.05) is 0 Å². The first-order valence-corrected chi connectivity index (χ1v) is 8.42. The molecule has 0 saturated carbocycles. The molecule has 1 aliphatic rings. The number of hydrogen-bond donors (Lipinski definition) is 0. The Morgan fingerprint density at radius 1 is 1.14 bits per heavy atom. The van der Waals surface area contributed by atoms with E-state index in [2.05, 4.69) is 15.5 Å². The second kappa shape index (κ2) is 5.61. The molecule has 0 N–H and O–H groups in total. The smallest absolute Gasteiger partial charge is 0.176 e. The van der Waals surface area contributed by atoms with E-state index in [1.54, 1.807) is 11.8 Å². The minimum atomic E-state index is -0.0468. The number of rotatable bonds is 2. The molecule has 1 aromatic carbocycles. The topological polar surface area (TPSA) is 34.4 Å². The molecule has 0 spiro atoms. The molecule has 4 heteroatoms. The number of hydrogen-bond acceptors (Lipinski definition) is 3. The summed E-state index contributed by atoms with van der Waals surface area (Å²) < 4.78 is 2.05. The summed E-state index contributed by atoms with van der Waals surface area (Å²) in [6.45, 7) is 0. The van der Waals surface area contributed by atoms with Gasteiger partial charge in [0, 0.05) is 11.8 Å².